The van der Waals surface area contributed by atoms with Crippen LogP contribution in [-0.4, -0.2) is 40.3 Å². The summed E-state index contributed by atoms with van der Waals surface area (Å²) in [5.74, 6) is 0. The van der Waals surface area contributed by atoms with Crippen molar-refractivity contribution in [3.63, 3.8) is 0 Å². The molecule has 0 spiro atoms. The highest BCUT2D eigenvalue weighted by Gasteiger charge is 2.25. The Balaban J connectivity index is 1.84. The largest absolute Gasteiger partial charge is 0.377 e. The molecular weight excluding hydrogens is 274 g/mol. The molecule has 0 saturated carbocycles. The van der Waals surface area contributed by atoms with Gasteiger partial charge < -0.3 is 10.4 Å². The molecule has 0 radical (unpaired) electrons. The van der Waals surface area contributed by atoms with Gasteiger partial charge in [-0.05, 0) is 24.6 Å². The maximum atomic E-state index is 10.2. The highest BCUT2D eigenvalue weighted by Crippen LogP contribution is 2.23. The fraction of sp³-hybridized carbons (Fsp3) is 0.400. The van der Waals surface area contributed by atoms with Crippen LogP contribution in [-0.2, 0) is 6.54 Å². The van der Waals surface area contributed by atoms with E-state index in [1.165, 1.54) is 0 Å². The van der Waals surface area contributed by atoms with Crippen molar-refractivity contribution in [3.05, 3.63) is 41.0 Å². The average Bonchev–Trinajstić information content (AvgIpc) is 2.44. The summed E-state index contributed by atoms with van der Waals surface area (Å²) in [6.45, 7) is 4.46. The van der Waals surface area contributed by atoms with Gasteiger partial charge in [-0.3, -0.25) is 9.88 Å². The molecule has 2 heterocycles. The summed E-state index contributed by atoms with van der Waals surface area (Å²) in [5.41, 5.74) is 2.04. The maximum absolute atomic E-state index is 10.2. The van der Waals surface area contributed by atoms with Crippen LogP contribution in [0.1, 0.15) is 12.5 Å². The van der Waals surface area contributed by atoms with Gasteiger partial charge in [-0.15, -0.1) is 0 Å². The van der Waals surface area contributed by atoms with Crippen LogP contribution >= 0.6 is 11.6 Å². The standard InChI is InChI=1S/C15H18ClN3O/c1-10-15(20)19(7-6-17-10)9-11-2-3-12-13(16)4-5-18-14(12)8-11/h2-5,8,10,15,17,20H,6-7,9H2,1H3/t10-,15?/m0/s1. The minimum absolute atomic E-state index is 0.0942. The average molecular weight is 292 g/mol. The zero-order valence-corrected chi connectivity index (χ0v) is 12.1. The molecule has 0 bridgehead atoms. The Kier molecular flexibility index (Phi) is 3.89. The molecule has 2 atom stereocenters. The van der Waals surface area contributed by atoms with E-state index in [1.807, 2.05) is 19.1 Å². The lowest BCUT2D eigenvalue weighted by Crippen LogP contribution is -2.56. The molecule has 1 aliphatic heterocycles. The summed E-state index contributed by atoms with van der Waals surface area (Å²) in [6, 6.07) is 7.98. The van der Waals surface area contributed by atoms with Crippen LogP contribution in [0, 0.1) is 0 Å². The minimum Gasteiger partial charge on any atom is -0.377 e. The molecule has 3 rings (SSSR count). The van der Waals surface area contributed by atoms with E-state index >= 15 is 0 Å². The Morgan fingerprint density at radius 2 is 2.30 bits per heavy atom. The van der Waals surface area contributed by atoms with Gasteiger partial charge in [0, 0.05) is 37.3 Å². The number of aromatic nitrogens is 1. The van der Waals surface area contributed by atoms with Crippen molar-refractivity contribution in [2.75, 3.05) is 13.1 Å². The number of pyridine rings is 1. The fourth-order valence-electron chi connectivity index (χ4n) is 2.65. The lowest BCUT2D eigenvalue weighted by atomic mass is 10.1. The Labute approximate surface area is 123 Å². The van der Waals surface area contributed by atoms with E-state index in [-0.39, 0.29) is 6.04 Å². The number of benzene rings is 1. The Morgan fingerprint density at radius 1 is 1.45 bits per heavy atom. The van der Waals surface area contributed by atoms with Crippen LogP contribution < -0.4 is 5.32 Å². The van der Waals surface area contributed by atoms with Gasteiger partial charge in [-0.1, -0.05) is 23.7 Å². The number of fused-ring (bicyclic) bond motifs is 1. The quantitative estimate of drug-likeness (QED) is 0.888. The van der Waals surface area contributed by atoms with Gasteiger partial charge in [0.05, 0.1) is 10.5 Å². The van der Waals surface area contributed by atoms with Crippen LogP contribution in [0.4, 0.5) is 0 Å². The number of hydrogen-bond donors (Lipinski definition) is 2. The third-order valence-electron chi connectivity index (χ3n) is 3.83. The van der Waals surface area contributed by atoms with Crippen molar-refractivity contribution in [2.24, 2.45) is 0 Å². The highest BCUT2D eigenvalue weighted by atomic mass is 35.5. The number of aliphatic hydroxyl groups is 1. The molecular formula is C15H18ClN3O. The van der Waals surface area contributed by atoms with E-state index in [0.717, 1.165) is 41.1 Å². The van der Waals surface area contributed by atoms with E-state index in [9.17, 15) is 5.11 Å². The molecule has 4 nitrogen and oxygen atoms in total. The second kappa shape index (κ2) is 5.66. The molecule has 2 N–H and O–H groups in total. The second-order valence-corrected chi connectivity index (χ2v) is 5.68. The summed E-state index contributed by atoms with van der Waals surface area (Å²) in [6.07, 6.45) is 1.27. The summed E-state index contributed by atoms with van der Waals surface area (Å²) >= 11 is 6.14. The van der Waals surface area contributed by atoms with E-state index in [1.54, 1.807) is 12.3 Å². The van der Waals surface area contributed by atoms with E-state index in [4.69, 9.17) is 11.6 Å². The van der Waals surface area contributed by atoms with Crippen LogP contribution in [0.5, 0.6) is 0 Å². The number of hydrogen-bond acceptors (Lipinski definition) is 4. The fourth-order valence-corrected chi connectivity index (χ4v) is 2.87. The van der Waals surface area contributed by atoms with Gasteiger partial charge >= 0.3 is 0 Å². The lowest BCUT2D eigenvalue weighted by molar-refractivity contribution is -0.0448. The topological polar surface area (TPSA) is 48.4 Å². The normalized spacial score (nSPS) is 24.1. The van der Waals surface area contributed by atoms with Crippen molar-refractivity contribution in [2.45, 2.75) is 25.7 Å². The summed E-state index contributed by atoms with van der Waals surface area (Å²) in [4.78, 5) is 6.43. The molecule has 2 aromatic rings. The Bertz CT molecular complexity index is 619. The molecule has 1 fully saturated rings. The second-order valence-electron chi connectivity index (χ2n) is 5.27. The zero-order chi connectivity index (χ0) is 14.1. The Morgan fingerprint density at radius 3 is 3.15 bits per heavy atom. The minimum atomic E-state index is -0.452. The van der Waals surface area contributed by atoms with Crippen molar-refractivity contribution in [3.8, 4) is 0 Å². The first-order valence-electron chi connectivity index (χ1n) is 6.84. The van der Waals surface area contributed by atoms with Crippen molar-refractivity contribution in [1.82, 2.24) is 15.2 Å². The van der Waals surface area contributed by atoms with Crippen molar-refractivity contribution >= 4 is 22.5 Å². The predicted molar refractivity (Wildman–Crippen MR) is 80.6 cm³/mol. The number of rotatable bonds is 2. The maximum Gasteiger partial charge on any atom is 0.122 e. The van der Waals surface area contributed by atoms with Gasteiger partial charge in [-0.25, -0.2) is 0 Å². The summed E-state index contributed by atoms with van der Waals surface area (Å²) in [5, 5.41) is 15.1. The van der Waals surface area contributed by atoms with Crippen molar-refractivity contribution in [1.29, 1.82) is 0 Å². The number of piperazine rings is 1. The van der Waals surface area contributed by atoms with E-state index < -0.39 is 6.23 Å². The number of halogens is 1. The van der Waals surface area contributed by atoms with Gasteiger partial charge in [-0.2, -0.15) is 0 Å². The van der Waals surface area contributed by atoms with Gasteiger partial charge in [0.25, 0.3) is 0 Å². The molecule has 0 amide bonds. The first kappa shape index (κ1) is 13.8. The third-order valence-corrected chi connectivity index (χ3v) is 4.16. The Hall–Kier alpha value is -1.20. The molecule has 1 aromatic carbocycles. The molecule has 106 valence electrons. The number of nitrogens with one attached hydrogen (secondary N) is 1. The molecule has 1 aliphatic rings. The monoisotopic (exact) mass is 291 g/mol. The molecule has 1 aromatic heterocycles. The highest BCUT2D eigenvalue weighted by molar-refractivity contribution is 6.35. The third kappa shape index (κ3) is 2.65. The zero-order valence-electron chi connectivity index (χ0n) is 11.4. The smallest absolute Gasteiger partial charge is 0.122 e. The van der Waals surface area contributed by atoms with Gasteiger partial charge in [0.1, 0.15) is 6.23 Å². The van der Waals surface area contributed by atoms with Crippen LogP contribution in [0.3, 0.4) is 0 Å². The van der Waals surface area contributed by atoms with Crippen LogP contribution in [0.15, 0.2) is 30.5 Å². The number of nitrogens with zero attached hydrogens (tertiary/aromatic N) is 2. The van der Waals surface area contributed by atoms with Crippen LogP contribution in [0.2, 0.25) is 5.02 Å². The lowest BCUT2D eigenvalue weighted by Gasteiger charge is -2.37. The molecule has 20 heavy (non-hydrogen) atoms. The first-order valence-corrected chi connectivity index (χ1v) is 7.21. The molecule has 1 saturated heterocycles. The summed E-state index contributed by atoms with van der Waals surface area (Å²) < 4.78 is 0. The predicted octanol–water partition coefficient (Wildman–Crippen LogP) is 2.00. The molecule has 0 aliphatic carbocycles. The molecule has 5 heteroatoms. The van der Waals surface area contributed by atoms with E-state index in [0.29, 0.717) is 0 Å². The SMILES string of the molecule is C[C@@H]1NCCN(Cc2ccc3c(Cl)ccnc3c2)C1O. The summed E-state index contributed by atoms with van der Waals surface area (Å²) in [7, 11) is 0. The van der Waals surface area contributed by atoms with Crippen LogP contribution in [0.25, 0.3) is 10.9 Å². The van der Waals surface area contributed by atoms with Crippen molar-refractivity contribution < 1.29 is 5.11 Å². The number of aliphatic hydroxyl groups excluding tert-OH is 1. The van der Waals surface area contributed by atoms with Gasteiger partial charge in [0.2, 0.25) is 0 Å². The molecule has 1 unspecified atom stereocenters. The first-order chi connectivity index (χ1) is 9.65. The van der Waals surface area contributed by atoms with Gasteiger partial charge in [0.15, 0.2) is 0 Å². The van der Waals surface area contributed by atoms with E-state index in [2.05, 4.69) is 21.3 Å².